The summed E-state index contributed by atoms with van der Waals surface area (Å²) in [7, 11) is 0. The number of aromatic nitrogens is 1. The van der Waals surface area contributed by atoms with Crippen LogP contribution in [0.3, 0.4) is 0 Å². The molecule has 1 N–H and O–H groups in total. The lowest BCUT2D eigenvalue weighted by Crippen LogP contribution is -2.44. The minimum atomic E-state index is -1.03. The van der Waals surface area contributed by atoms with Crippen LogP contribution < -0.4 is 10.2 Å². The van der Waals surface area contributed by atoms with Gasteiger partial charge in [0.15, 0.2) is 0 Å². The molecule has 0 radical (unpaired) electrons. The Balaban J connectivity index is 1.71. The summed E-state index contributed by atoms with van der Waals surface area (Å²) < 4.78 is 18.9. The Bertz CT molecular complexity index is 1150. The minimum absolute atomic E-state index is 0.121. The molecule has 3 aromatic heterocycles. The van der Waals surface area contributed by atoms with E-state index < -0.39 is 17.8 Å². The normalized spacial score (nSPS) is 11.7. The van der Waals surface area contributed by atoms with Crippen LogP contribution in [-0.4, -0.2) is 16.8 Å². The van der Waals surface area contributed by atoms with Crippen LogP contribution in [0, 0.1) is 5.82 Å². The number of benzene rings is 1. The molecule has 1 aromatic carbocycles. The molecule has 0 fully saturated rings. The zero-order chi connectivity index (χ0) is 22.3. The van der Waals surface area contributed by atoms with Crippen molar-refractivity contribution >= 4 is 28.8 Å². The molecule has 0 saturated heterocycles. The number of furan rings is 1. The number of pyridine rings is 1. The number of nitrogens with zero attached hydrogens (tertiary/aromatic N) is 2. The molecule has 0 aliphatic rings. The van der Waals surface area contributed by atoms with E-state index in [1.165, 1.54) is 53.0 Å². The highest BCUT2D eigenvalue weighted by atomic mass is 32.1. The van der Waals surface area contributed by atoms with E-state index in [-0.39, 0.29) is 18.9 Å². The Morgan fingerprint density at radius 3 is 2.59 bits per heavy atom. The number of rotatable bonds is 8. The summed E-state index contributed by atoms with van der Waals surface area (Å²) in [6, 6.07) is 15.2. The third-order valence-electron chi connectivity index (χ3n) is 4.81. The number of anilines is 1. The molecule has 0 aliphatic heterocycles. The summed E-state index contributed by atoms with van der Waals surface area (Å²) in [5, 5.41) is 4.72. The maximum absolute atomic E-state index is 13.6. The third kappa shape index (κ3) is 5.09. The lowest BCUT2D eigenvalue weighted by atomic mass is 10.0. The Morgan fingerprint density at radius 1 is 1.09 bits per heavy atom. The zero-order valence-corrected chi connectivity index (χ0v) is 17.8. The van der Waals surface area contributed by atoms with Gasteiger partial charge in [-0.15, -0.1) is 11.3 Å². The highest BCUT2D eigenvalue weighted by Gasteiger charge is 2.33. The van der Waals surface area contributed by atoms with Gasteiger partial charge in [0.05, 0.1) is 31.1 Å². The Kier molecular flexibility index (Phi) is 6.72. The summed E-state index contributed by atoms with van der Waals surface area (Å²) in [5.74, 6) is -0.547. The maximum atomic E-state index is 13.6. The summed E-state index contributed by atoms with van der Waals surface area (Å²) >= 11 is 1.46. The fraction of sp³-hybridized carbons (Fsp3) is 0.125. The number of carbonyl (C=O) groups excluding carboxylic acids is 2. The molecule has 6 nitrogen and oxygen atoms in total. The van der Waals surface area contributed by atoms with Gasteiger partial charge in [-0.3, -0.25) is 19.5 Å². The van der Waals surface area contributed by atoms with Crippen molar-refractivity contribution in [1.29, 1.82) is 0 Å². The van der Waals surface area contributed by atoms with E-state index in [4.69, 9.17) is 4.42 Å². The molecule has 32 heavy (non-hydrogen) atoms. The van der Waals surface area contributed by atoms with Crippen molar-refractivity contribution in [2.45, 2.75) is 19.0 Å². The van der Waals surface area contributed by atoms with E-state index in [0.717, 1.165) is 4.88 Å². The van der Waals surface area contributed by atoms with Crippen molar-refractivity contribution < 1.29 is 18.4 Å². The summed E-state index contributed by atoms with van der Waals surface area (Å²) in [4.78, 5) is 33.3. The van der Waals surface area contributed by atoms with Crippen LogP contribution in [0.25, 0.3) is 0 Å². The van der Waals surface area contributed by atoms with Crippen LogP contribution in [0.2, 0.25) is 0 Å². The van der Waals surface area contributed by atoms with Gasteiger partial charge in [0.25, 0.3) is 0 Å². The number of carbonyl (C=O) groups is 2. The minimum Gasteiger partial charge on any atom is -0.467 e. The number of hydrogen-bond acceptors (Lipinski definition) is 5. The van der Waals surface area contributed by atoms with Crippen LogP contribution in [0.1, 0.15) is 22.2 Å². The maximum Gasteiger partial charge on any atom is 0.248 e. The van der Waals surface area contributed by atoms with E-state index in [0.29, 0.717) is 17.0 Å². The molecule has 3 heterocycles. The molecule has 0 saturated carbocycles. The van der Waals surface area contributed by atoms with Gasteiger partial charge < -0.3 is 9.73 Å². The second-order valence-electron chi connectivity index (χ2n) is 6.98. The Labute approximate surface area is 188 Å². The SMILES string of the molecule is O=C(NCc1ccco1)[C@@H](c1ccc(F)cc1)N(C(=O)Cc1cccs1)c1cccnc1. The van der Waals surface area contributed by atoms with Gasteiger partial charge >= 0.3 is 0 Å². The molecule has 2 amide bonds. The second-order valence-corrected chi connectivity index (χ2v) is 8.01. The fourth-order valence-corrected chi connectivity index (χ4v) is 4.02. The summed E-state index contributed by atoms with van der Waals surface area (Å²) in [6.45, 7) is 0.156. The third-order valence-corrected chi connectivity index (χ3v) is 5.68. The predicted octanol–water partition coefficient (Wildman–Crippen LogP) is 4.51. The van der Waals surface area contributed by atoms with Crippen molar-refractivity contribution in [3.63, 3.8) is 0 Å². The van der Waals surface area contributed by atoms with Crippen molar-refractivity contribution in [2.24, 2.45) is 0 Å². The second kappa shape index (κ2) is 10.0. The van der Waals surface area contributed by atoms with Crippen molar-refractivity contribution in [2.75, 3.05) is 4.90 Å². The van der Waals surface area contributed by atoms with Gasteiger partial charge in [-0.2, -0.15) is 0 Å². The molecule has 1 atom stereocenters. The molecule has 4 aromatic rings. The van der Waals surface area contributed by atoms with Gasteiger partial charge in [-0.25, -0.2) is 4.39 Å². The quantitative estimate of drug-likeness (QED) is 0.430. The Morgan fingerprint density at radius 2 is 1.94 bits per heavy atom. The Hall–Kier alpha value is -3.78. The van der Waals surface area contributed by atoms with E-state index in [2.05, 4.69) is 10.3 Å². The average Bonchev–Trinajstić information content (AvgIpc) is 3.51. The molecule has 8 heteroatoms. The van der Waals surface area contributed by atoms with Crippen LogP contribution in [0.5, 0.6) is 0 Å². The van der Waals surface area contributed by atoms with Gasteiger partial charge in [-0.05, 0) is 53.4 Å². The smallest absolute Gasteiger partial charge is 0.248 e. The van der Waals surface area contributed by atoms with Gasteiger partial charge in [0.1, 0.15) is 17.6 Å². The lowest BCUT2D eigenvalue weighted by Gasteiger charge is -2.31. The predicted molar refractivity (Wildman–Crippen MR) is 119 cm³/mol. The van der Waals surface area contributed by atoms with Gasteiger partial charge in [0, 0.05) is 11.1 Å². The van der Waals surface area contributed by atoms with Crippen molar-refractivity contribution in [3.05, 3.63) is 107 Å². The number of hydrogen-bond donors (Lipinski definition) is 1. The number of halogens is 1. The highest BCUT2D eigenvalue weighted by Crippen LogP contribution is 2.29. The highest BCUT2D eigenvalue weighted by molar-refractivity contribution is 7.10. The van der Waals surface area contributed by atoms with Crippen LogP contribution >= 0.6 is 11.3 Å². The molecule has 4 rings (SSSR count). The topological polar surface area (TPSA) is 75.4 Å². The first-order valence-electron chi connectivity index (χ1n) is 9.92. The monoisotopic (exact) mass is 449 g/mol. The number of thiophene rings is 1. The fourth-order valence-electron chi connectivity index (χ4n) is 3.33. The molecular weight excluding hydrogens is 429 g/mol. The van der Waals surface area contributed by atoms with Crippen LogP contribution in [0.15, 0.2) is 89.1 Å². The van der Waals surface area contributed by atoms with E-state index in [1.54, 1.807) is 30.5 Å². The van der Waals surface area contributed by atoms with Crippen LogP contribution in [0.4, 0.5) is 10.1 Å². The number of amides is 2. The molecule has 0 aliphatic carbocycles. The molecule has 0 bridgehead atoms. The average molecular weight is 450 g/mol. The van der Waals surface area contributed by atoms with E-state index >= 15 is 0 Å². The van der Waals surface area contributed by atoms with Gasteiger partial charge in [-0.1, -0.05) is 18.2 Å². The zero-order valence-electron chi connectivity index (χ0n) is 17.0. The standard InChI is InChI=1S/C24H20FN3O3S/c25-18-9-7-17(8-10-18)23(24(30)27-16-20-5-2-12-31-20)28(19-4-1-11-26-15-19)22(29)14-21-6-3-13-32-21/h1-13,15,23H,14,16H2,(H,27,30)/t23-/m1/s1. The molecule has 0 unspecified atom stereocenters. The lowest BCUT2D eigenvalue weighted by molar-refractivity contribution is -0.126. The van der Waals surface area contributed by atoms with E-state index in [1.807, 2.05) is 17.5 Å². The molecule has 162 valence electrons. The largest absolute Gasteiger partial charge is 0.467 e. The number of nitrogens with one attached hydrogen (secondary N) is 1. The summed E-state index contributed by atoms with van der Waals surface area (Å²) in [6.07, 6.45) is 4.76. The summed E-state index contributed by atoms with van der Waals surface area (Å²) in [5.41, 5.74) is 0.947. The van der Waals surface area contributed by atoms with Crippen molar-refractivity contribution in [1.82, 2.24) is 10.3 Å². The molecule has 0 spiro atoms. The van der Waals surface area contributed by atoms with E-state index in [9.17, 15) is 14.0 Å². The first kappa shape index (κ1) is 21.5. The first-order chi connectivity index (χ1) is 15.6. The van der Waals surface area contributed by atoms with Crippen molar-refractivity contribution in [3.8, 4) is 0 Å². The van der Waals surface area contributed by atoms with Crippen LogP contribution in [-0.2, 0) is 22.6 Å². The molecular formula is C24H20FN3O3S. The van der Waals surface area contributed by atoms with Gasteiger partial charge in [0.2, 0.25) is 11.8 Å². The first-order valence-corrected chi connectivity index (χ1v) is 10.8.